The van der Waals surface area contributed by atoms with E-state index >= 15 is 0 Å². The molecule has 34 heavy (non-hydrogen) atoms. The van der Waals surface area contributed by atoms with E-state index in [0.29, 0.717) is 6.54 Å². The molecular weight excluding hydrogens is 424 g/mol. The summed E-state index contributed by atoms with van der Waals surface area (Å²) < 4.78 is 7.22. The summed E-state index contributed by atoms with van der Waals surface area (Å²) in [5.41, 5.74) is 4.86. The van der Waals surface area contributed by atoms with Crippen LogP contribution in [0.25, 0.3) is 0 Å². The van der Waals surface area contributed by atoms with E-state index in [2.05, 4.69) is 99.0 Å². The lowest BCUT2D eigenvalue weighted by molar-refractivity contribution is 0.201. The number of para-hydroxylation sites is 1. The Kier molecular flexibility index (Phi) is 6.53. The number of hydrogen-bond acceptors (Lipinski definition) is 6. The van der Waals surface area contributed by atoms with Gasteiger partial charge in [0.2, 0.25) is 0 Å². The molecule has 1 saturated heterocycles. The molecule has 4 aromatic rings. The molecule has 1 fully saturated rings. The molecule has 2 heterocycles. The minimum atomic E-state index is -0.00762. The van der Waals surface area contributed by atoms with Crippen molar-refractivity contribution < 1.29 is 4.74 Å². The van der Waals surface area contributed by atoms with Crippen molar-refractivity contribution in [3.8, 4) is 5.75 Å². The molecular formula is C27H30N6O. The number of hydrogen-bond donors (Lipinski definition) is 0. The van der Waals surface area contributed by atoms with Gasteiger partial charge in [0.25, 0.3) is 0 Å². The maximum absolute atomic E-state index is 5.30. The van der Waals surface area contributed by atoms with Crippen LogP contribution in [0.15, 0.2) is 78.9 Å². The van der Waals surface area contributed by atoms with E-state index in [1.165, 1.54) is 16.8 Å². The number of nitrogens with zero attached hydrogens (tertiary/aromatic N) is 6. The Morgan fingerprint density at radius 3 is 2.24 bits per heavy atom. The fraction of sp³-hybridized carbons (Fsp3) is 0.296. The molecule has 5 rings (SSSR count). The Balaban J connectivity index is 1.41. The molecule has 7 heteroatoms. The minimum absolute atomic E-state index is 0.00762. The van der Waals surface area contributed by atoms with Crippen molar-refractivity contribution in [2.75, 3.05) is 38.2 Å². The number of aryl methyl sites for hydroxylation is 1. The second-order valence-corrected chi connectivity index (χ2v) is 8.71. The third-order valence-electron chi connectivity index (χ3n) is 6.49. The maximum Gasteiger partial charge on any atom is 0.173 e. The van der Waals surface area contributed by atoms with Gasteiger partial charge in [-0.1, -0.05) is 60.2 Å². The first-order valence-corrected chi connectivity index (χ1v) is 11.7. The first-order valence-electron chi connectivity index (χ1n) is 11.7. The zero-order chi connectivity index (χ0) is 23.3. The van der Waals surface area contributed by atoms with Crippen molar-refractivity contribution >= 4 is 5.69 Å². The van der Waals surface area contributed by atoms with Crippen molar-refractivity contribution in [1.29, 1.82) is 0 Å². The normalized spacial score (nSPS) is 15.3. The van der Waals surface area contributed by atoms with E-state index < -0.39 is 0 Å². The van der Waals surface area contributed by atoms with Gasteiger partial charge in [0, 0.05) is 31.9 Å². The summed E-state index contributed by atoms with van der Waals surface area (Å²) in [4.78, 5) is 4.95. The standard InChI is InChI=1S/C27H30N6O/c1-21-8-12-23(13-9-21)26(32-18-16-31(17-19-32)24-6-4-3-5-7-24)27-28-29-30-33(27)20-22-10-14-25(34-2)15-11-22/h3-15,26H,16-20H2,1-2H3/t26-/m0/s1. The monoisotopic (exact) mass is 454 g/mol. The van der Waals surface area contributed by atoms with E-state index in [-0.39, 0.29) is 6.04 Å². The van der Waals surface area contributed by atoms with Crippen LogP contribution in [0.2, 0.25) is 0 Å². The molecule has 7 nitrogen and oxygen atoms in total. The summed E-state index contributed by atoms with van der Waals surface area (Å²) in [5.74, 6) is 1.71. The van der Waals surface area contributed by atoms with Crippen molar-refractivity contribution in [2.45, 2.75) is 19.5 Å². The van der Waals surface area contributed by atoms with E-state index in [0.717, 1.165) is 43.3 Å². The van der Waals surface area contributed by atoms with Gasteiger partial charge in [-0.2, -0.15) is 0 Å². The molecule has 1 aliphatic heterocycles. The average Bonchev–Trinajstić information content (AvgIpc) is 3.34. The van der Waals surface area contributed by atoms with Gasteiger partial charge in [-0.3, -0.25) is 4.90 Å². The van der Waals surface area contributed by atoms with Crippen LogP contribution in [-0.2, 0) is 6.54 Å². The van der Waals surface area contributed by atoms with Crippen LogP contribution >= 0.6 is 0 Å². The molecule has 0 saturated carbocycles. The van der Waals surface area contributed by atoms with Crippen LogP contribution in [0.5, 0.6) is 5.75 Å². The molecule has 0 amide bonds. The molecule has 3 aromatic carbocycles. The van der Waals surface area contributed by atoms with Crippen LogP contribution in [0, 0.1) is 6.92 Å². The van der Waals surface area contributed by atoms with Crippen molar-refractivity contribution in [3.05, 3.63) is 101 Å². The van der Waals surface area contributed by atoms with Crippen LogP contribution in [0.3, 0.4) is 0 Å². The van der Waals surface area contributed by atoms with Gasteiger partial charge in [-0.15, -0.1) is 5.10 Å². The SMILES string of the molecule is COc1ccc(Cn2nnnc2[C@H](c2ccc(C)cc2)N2CCN(c3ccccc3)CC2)cc1. The number of aromatic nitrogens is 4. The molecule has 0 unspecified atom stereocenters. The number of anilines is 1. The molecule has 174 valence electrons. The topological polar surface area (TPSA) is 59.3 Å². The largest absolute Gasteiger partial charge is 0.497 e. The summed E-state index contributed by atoms with van der Waals surface area (Å²) in [5, 5.41) is 13.0. The Morgan fingerprint density at radius 2 is 1.56 bits per heavy atom. The maximum atomic E-state index is 5.30. The minimum Gasteiger partial charge on any atom is -0.497 e. The van der Waals surface area contributed by atoms with Gasteiger partial charge in [0.15, 0.2) is 5.82 Å². The molecule has 0 aliphatic carbocycles. The second kappa shape index (κ2) is 10.1. The van der Waals surface area contributed by atoms with E-state index in [9.17, 15) is 0 Å². The van der Waals surface area contributed by atoms with E-state index in [1.54, 1.807) is 7.11 Å². The Bertz CT molecular complexity index is 1180. The molecule has 0 bridgehead atoms. The Labute approximate surface area is 200 Å². The number of tetrazole rings is 1. The van der Waals surface area contributed by atoms with Crippen molar-refractivity contribution in [2.24, 2.45) is 0 Å². The zero-order valence-corrected chi connectivity index (χ0v) is 19.7. The fourth-order valence-electron chi connectivity index (χ4n) is 4.57. The van der Waals surface area contributed by atoms with Gasteiger partial charge >= 0.3 is 0 Å². The number of ether oxygens (including phenoxy) is 1. The average molecular weight is 455 g/mol. The summed E-state index contributed by atoms with van der Waals surface area (Å²) in [6, 6.07) is 27.4. The number of benzene rings is 3. The highest BCUT2D eigenvalue weighted by atomic mass is 16.5. The smallest absolute Gasteiger partial charge is 0.173 e. The number of methoxy groups -OCH3 is 1. The van der Waals surface area contributed by atoms with E-state index in [1.807, 2.05) is 16.8 Å². The third-order valence-corrected chi connectivity index (χ3v) is 6.49. The molecule has 0 N–H and O–H groups in total. The van der Waals surface area contributed by atoms with Gasteiger partial charge in [0.05, 0.1) is 19.7 Å². The number of piperazine rings is 1. The third kappa shape index (κ3) is 4.79. The highest BCUT2D eigenvalue weighted by molar-refractivity contribution is 5.46. The van der Waals surface area contributed by atoms with Gasteiger partial charge in [-0.05, 0) is 52.7 Å². The van der Waals surface area contributed by atoms with Crippen LogP contribution in [0.1, 0.15) is 28.6 Å². The Hall–Kier alpha value is -3.71. The fourth-order valence-corrected chi connectivity index (χ4v) is 4.57. The van der Waals surface area contributed by atoms with Crippen LogP contribution in [-0.4, -0.2) is 58.4 Å². The predicted octanol–water partition coefficient (Wildman–Crippen LogP) is 3.95. The number of rotatable bonds is 7. The van der Waals surface area contributed by atoms with Crippen LogP contribution < -0.4 is 9.64 Å². The van der Waals surface area contributed by atoms with Crippen molar-refractivity contribution in [1.82, 2.24) is 25.1 Å². The molecule has 1 aliphatic rings. The predicted molar refractivity (Wildman–Crippen MR) is 133 cm³/mol. The first-order chi connectivity index (χ1) is 16.7. The quantitative estimate of drug-likeness (QED) is 0.421. The van der Waals surface area contributed by atoms with Crippen LogP contribution in [0.4, 0.5) is 5.69 Å². The second-order valence-electron chi connectivity index (χ2n) is 8.71. The molecule has 0 spiro atoms. The van der Waals surface area contributed by atoms with Gasteiger partial charge in [-0.25, -0.2) is 4.68 Å². The molecule has 0 radical (unpaired) electrons. The lowest BCUT2D eigenvalue weighted by Gasteiger charge is -2.40. The molecule has 1 aromatic heterocycles. The molecule has 1 atom stereocenters. The van der Waals surface area contributed by atoms with Crippen molar-refractivity contribution in [3.63, 3.8) is 0 Å². The zero-order valence-electron chi connectivity index (χ0n) is 19.7. The lowest BCUT2D eigenvalue weighted by atomic mass is 10.0. The first kappa shape index (κ1) is 22.1. The Morgan fingerprint density at radius 1 is 0.853 bits per heavy atom. The summed E-state index contributed by atoms with van der Waals surface area (Å²) in [6.45, 7) is 6.52. The summed E-state index contributed by atoms with van der Waals surface area (Å²) in [6.07, 6.45) is 0. The summed E-state index contributed by atoms with van der Waals surface area (Å²) in [7, 11) is 1.68. The highest BCUT2D eigenvalue weighted by Crippen LogP contribution is 2.29. The lowest BCUT2D eigenvalue weighted by Crippen LogP contribution is -2.48. The van der Waals surface area contributed by atoms with Gasteiger partial charge in [0.1, 0.15) is 5.75 Å². The van der Waals surface area contributed by atoms with E-state index in [4.69, 9.17) is 4.74 Å². The highest BCUT2D eigenvalue weighted by Gasteiger charge is 2.30. The van der Waals surface area contributed by atoms with Gasteiger partial charge < -0.3 is 9.64 Å². The summed E-state index contributed by atoms with van der Waals surface area (Å²) >= 11 is 0.